The molecule has 0 atom stereocenters. The van der Waals surface area contributed by atoms with E-state index in [1.165, 1.54) is 5.56 Å². The van der Waals surface area contributed by atoms with Crippen LogP contribution in [0.3, 0.4) is 0 Å². The second kappa shape index (κ2) is 11.4. The predicted octanol–water partition coefficient (Wildman–Crippen LogP) is 4.28. The Labute approximate surface area is 177 Å². The predicted molar refractivity (Wildman–Crippen MR) is 121 cm³/mol. The maximum Gasteiger partial charge on any atom is 0.193 e. The zero-order valence-corrected chi connectivity index (χ0v) is 19.3. The zero-order chi connectivity index (χ0) is 18.2. The van der Waals surface area contributed by atoms with E-state index in [9.17, 15) is 0 Å². The molecule has 0 aliphatic carbocycles. The monoisotopic (exact) mass is 488 g/mol. The van der Waals surface area contributed by atoms with Crippen LogP contribution in [0.5, 0.6) is 5.75 Å². The number of benzene rings is 1. The SMILES string of the molecule is CN=C(NCCOc1ccccc1C(C)C)N(C)Cc1csc(C)n1.I. The molecule has 1 heterocycles. The van der Waals surface area contributed by atoms with Gasteiger partial charge in [-0.3, -0.25) is 4.99 Å². The second-order valence-corrected chi connectivity index (χ2v) is 7.29. The molecule has 0 aliphatic heterocycles. The van der Waals surface area contributed by atoms with Crippen molar-refractivity contribution in [2.24, 2.45) is 4.99 Å². The summed E-state index contributed by atoms with van der Waals surface area (Å²) in [5, 5.41) is 6.52. The van der Waals surface area contributed by atoms with E-state index in [2.05, 4.69) is 51.6 Å². The van der Waals surface area contributed by atoms with Crippen LogP contribution in [0.2, 0.25) is 0 Å². The molecule has 0 saturated heterocycles. The fourth-order valence-electron chi connectivity index (χ4n) is 2.60. The quantitative estimate of drug-likeness (QED) is 0.274. The van der Waals surface area contributed by atoms with Crippen LogP contribution >= 0.6 is 35.3 Å². The first kappa shape index (κ1) is 22.7. The van der Waals surface area contributed by atoms with E-state index in [-0.39, 0.29) is 24.0 Å². The molecule has 26 heavy (non-hydrogen) atoms. The molecule has 1 N–H and O–H groups in total. The summed E-state index contributed by atoms with van der Waals surface area (Å²) < 4.78 is 5.95. The van der Waals surface area contributed by atoms with Gasteiger partial charge in [0.05, 0.1) is 23.8 Å². The minimum absolute atomic E-state index is 0. The summed E-state index contributed by atoms with van der Waals surface area (Å²) in [6.45, 7) is 8.40. The van der Waals surface area contributed by atoms with Crippen molar-refractivity contribution in [3.05, 3.63) is 45.9 Å². The van der Waals surface area contributed by atoms with Crippen molar-refractivity contribution in [2.75, 3.05) is 27.2 Å². The topological polar surface area (TPSA) is 49.8 Å². The Bertz CT molecular complexity index is 702. The summed E-state index contributed by atoms with van der Waals surface area (Å²) in [7, 11) is 3.80. The highest BCUT2D eigenvalue weighted by atomic mass is 127. The molecule has 0 spiro atoms. The Hall–Kier alpha value is -1.35. The van der Waals surface area contributed by atoms with Gasteiger partial charge in [-0.15, -0.1) is 35.3 Å². The first-order valence-electron chi connectivity index (χ1n) is 8.55. The Morgan fingerprint density at radius 1 is 1.35 bits per heavy atom. The van der Waals surface area contributed by atoms with Crippen molar-refractivity contribution in [3.63, 3.8) is 0 Å². The van der Waals surface area contributed by atoms with E-state index in [0.29, 0.717) is 19.1 Å². The van der Waals surface area contributed by atoms with Crippen molar-refractivity contribution in [1.29, 1.82) is 0 Å². The summed E-state index contributed by atoms with van der Waals surface area (Å²) in [5.74, 6) is 2.25. The molecule has 7 heteroatoms. The van der Waals surface area contributed by atoms with Crippen molar-refractivity contribution >= 4 is 41.3 Å². The van der Waals surface area contributed by atoms with Crippen LogP contribution in [0, 0.1) is 6.92 Å². The Balaban J connectivity index is 0.00000338. The van der Waals surface area contributed by atoms with Crippen LogP contribution in [-0.4, -0.2) is 43.1 Å². The van der Waals surface area contributed by atoms with Gasteiger partial charge in [0.1, 0.15) is 12.4 Å². The van der Waals surface area contributed by atoms with E-state index in [0.717, 1.165) is 29.0 Å². The summed E-state index contributed by atoms with van der Waals surface area (Å²) >= 11 is 1.67. The average molecular weight is 488 g/mol. The Kier molecular flexibility index (Phi) is 9.93. The summed E-state index contributed by atoms with van der Waals surface area (Å²) in [5.41, 5.74) is 2.30. The van der Waals surface area contributed by atoms with Crippen LogP contribution in [0.4, 0.5) is 0 Å². The lowest BCUT2D eigenvalue weighted by Gasteiger charge is -2.21. The lowest BCUT2D eigenvalue weighted by molar-refractivity contribution is 0.315. The van der Waals surface area contributed by atoms with Gasteiger partial charge in [0.2, 0.25) is 0 Å². The lowest BCUT2D eigenvalue weighted by Crippen LogP contribution is -2.40. The van der Waals surface area contributed by atoms with Gasteiger partial charge in [-0.2, -0.15) is 0 Å². The summed E-state index contributed by atoms with van der Waals surface area (Å²) in [6, 6.07) is 8.21. The number of ether oxygens (including phenoxy) is 1. The van der Waals surface area contributed by atoms with Crippen molar-refractivity contribution in [2.45, 2.75) is 33.2 Å². The van der Waals surface area contributed by atoms with Gasteiger partial charge in [-0.25, -0.2) is 4.98 Å². The molecule has 2 aromatic rings. The molecule has 0 amide bonds. The van der Waals surface area contributed by atoms with E-state index in [1.807, 2.05) is 26.1 Å². The van der Waals surface area contributed by atoms with Gasteiger partial charge >= 0.3 is 0 Å². The second-order valence-electron chi connectivity index (χ2n) is 6.23. The highest BCUT2D eigenvalue weighted by Gasteiger charge is 2.09. The molecule has 0 saturated carbocycles. The van der Waals surface area contributed by atoms with Crippen LogP contribution in [0.1, 0.15) is 36.0 Å². The van der Waals surface area contributed by atoms with Gasteiger partial charge in [-0.05, 0) is 24.5 Å². The number of hydrogen-bond donors (Lipinski definition) is 1. The standard InChI is InChI=1S/C19H28N4OS.HI/c1-14(2)17-8-6-7-9-18(17)24-11-10-21-19(20-4)23(5)12-16-13-25-15(3)22-16;/h6-9,13-14H,10-12H2,1-5H3,(H,20,21);1H. The molecule has 0 radical (unpaired) electrons. The minimum atomic E-state index is 0. The number of nitrogens with one attached hydrogen (secondary N) is 1. The van der Waals surface area contributed by atoms with E-state index < -0.39 is 0 Å². The maximum absolute atomic E-state index is 5.95. The lowest BCUT2D eigenvalue weighted by atomic mass is 10.0. The molecule has 144 valence electrons. The number of hydrogen-bond acceptors (Lipinski definition) is 4. The molecule has 0 bridgehead atoms. The molecule has 5 nitrogen and oxygen atoms in total. The van der Waals surface area contributed by atoms with Gasteiger partial charge in [0, 0.05) is 19.5 Å². The van der Waals surface area contributed by atoms with E-state index in [1.54, 1.807) is 18.4 Å². The zero-order valence-electron chi connectivity index (χ0n) is 16.2. The largest absolute Gasteiger partial charge is 0.491 e. The van der Waals surface area contributed by atoms with Gasteiger partial charge < -0.3 is 15.0 Å². The van der Waals surface area contributed by atoms with Crippen molar-refractivity contribution in [1.82, 2.24) is 15.2 Å². The maximum atomic E-state index is 5.95. The molecule has 0 unspecified atom stereocenters. The van der Waals surface area contributed by atoms with E-state index >= 15 is 0 Å². The Morgan fingerprint density at radius 3 is 2.69 bits per heavy atom. The molecular weight excluding hydrogens is 459 g/mol. The third kappa shape index (κ3) is 6.75. The van der Waals surface area contributed by atoms with Crippen LogP contribution in [0.15, 0.2) is 34.6 Å². The molecular formula is C19H29IN4OS. The number of rotatable bonds is 7. The molecule has 0 fully saturated rings. The smallest absolute Gasteiger partial charge is 0.193 e. The molecule has 2 rings (SSSR count). The van der Waals surface area contributed by atoms with Crippen molar-refractivity contribution < 1.29 is 4.74 Å². The number of guanidine groups is 1. The number of aryl methyl sites for hydroxylation is 1. The number of aliphatic imine (C=N–C) groups is 1. The fraction of sp³-hybridized carbons (Fsp3) is 0.474. The first-order chi connectivity index (χ1) is 12.0. The summed E-state index contributed by atoms with van der Waals surface area (Å²) in [6.07, 6.45) is 0. The van der Waals surface area contributed by atoms with Crippen LogP contribution < -0.4 is 10.1 Å². The third-order valence-corrected chi connectivity index (χ3v) is 4.65. The molecule has 1 aromatic heterocycles. The number of thiazole rings is 1. The van der Waals surface area contributed by atoms with Crippen molar-refractivity contribution in [3.8, 4) is 5.75 Å². The van der Waals surface area contributed by atoms with Crippen LogP contribution in [-0.2, 0) is 6.54 Å². The molecule has 0 aliphatic rings. The van der Waals surface area contributed by atoms with Gasteiger partial charge in [0.25, 0.3) is 0 Å². The highest BCUT2D eigenvalue weighted by molar-refractivity contribution is 14.0. The van der Waals surface area contributed by atoms with Crippen LogP contribution in [0.25, 0.3) is 0 Å². The number of para-hydroxylation sites is 1. The number of halogens is 1. The van der Waals surface area contributed by atoms with E-state index in [4.69, 9.17) is 4.74 Å². The molecule has 1 aromatic carbocycles. The normalized spacial score (nSPS) is 11.2. The average Bonchev–Trinajstić information content (AvgIpc) is 2.99. The van der Waals surface area contributed by atoms with Gasteiger partial charge in [0.15, 0.2) is 5.96 Å². The number of aromatic nitrogens is 1. The third-order valence-electron chi connectivity index (χ3n) is 3.82. The first-order valence-corrected chi connectivity index (χ1v) is 9.43. The summed E-state index contributed by atoms with van der Waals surface area (Å²) in [4.78, 5) is 10.9. The number of nitrogens with zero attached hydrogens (tertiary/aromatic N) is 3. The Morgan fingerprint density at radius 2 is 2.08 bits per heavy atom. The highest BCUT2D eigenvalue weighted by Crippen LogP contribution is 2.25. The fourth-order valence-corrected chi connectivity index (χ4v) is 3.20. The van der Waals surface area contributed by atoms with Gasteiger partial charge in [-0.1, -0.05) is 32.0 Å². The minimum Gasteiger partial charge on any atom is -0.491 e.